The quantitative estimate of drug-likeness (QED) is 0.514. The minimum absolute atomic E-state index is 0.0773. The predicted molar refractivity (Wildman–Crippen MR) is 126 cm³/mol. The molecule has 1 amide bonds. The molecule has 0 aliphatic carbocycles. The second kappa shape index (κ2) is 11.1. The fourth-order valence-corrected chi connectivity index (χ4v) is 4.61. The van der Waals surface area contributed by atoms with Gasteiger partial charge in [0.25, 0.3) is 0 Å². The molecule has 1 aliphatic rings. The Labute approximate surface area is 188 Å². The van der Waals surface area contributed by atoms with E-state index < -0.39 is 0 Å². The number of amides is 1. The van der Waals surface area contributed by atoms with E-state index in [-0.39, 0.29) is 11.2 Å². The maximum Gasteiger partial charge on any atom is 0.242 e. The number of benzene rings is 2. The largest absolute Gasteiger partial charge is 0.494 e. The Morgan fingerprint density at radius 3 is 2.19 bits per heavy atom. The van der Waals surface area contributed by atoms with Crippen LogP contribution in [0.1, 0.15) is 33.3 Å². The van der Waals surface area contributed by atoms with Crippen LogP contribution < -0.4 is 14.2 Å². The number of amidine groups is 1. The summed E-state index contributed by atoms with van der Waals surface area (Å²) in [6.07, 6.45) is 0.573. The molecule has 1 aliphatic heterocycles. The van der Waals surface area contributed by atoms with Crippen molar-refractivity contribution in [3.05, 3.63) is 48.0 Å². The molecule has 0 bridgehead atoms. The van der Waals surface area contributed by atoms with Crippen LogP contribution in [0, 0.1) is 0 Å². The van der Waals surface area contributed by atoms with Crippen molar-refractivity contribution in [2.45, 2.75) is 39.4 Å². The van der Waals surface area contributed by atoms with Crippen LogP contribution in [-0.4, -0.2) is 47.6 Å². The molecule has 0 N–H and O–H groups in total. The smallest absolute Gasteiger partial charge is 0.242 e. The van der Waals surface area contributed by atoms with E-state index in [1.165, 1.54) is 11.8 Å². The van der Waals surface area contributed by atoms with Gasteiger partial charge in [-0.1, -0.05) is 17.8 Å². The predicted octanol–water partition coefficient (Wildman–Crippen LogP) is 5.08. The first kappa shape index (κ1) is 23.0. The van der Waals surface area contributed by atoms with Gasteiger partial charge >= 0.3 is 0 Å². The number of aliphatic imine (C=N–C) groups is 1. The minimum atomic E-state index is -0.237. The molecule has 0 radical (unpaired) electrons. The molecule has 1 atom stereocenters. The summed E-state index contributed by atoms with van der Waals surface area (Å²) in [5, 5.41) is 0.490. The lowest BCUT2D eigenvalue weighted by Gasteiger charge is -2.15. The first-order valence-corrected chi connectivity index (χ1v) is 11.7. The van der Waals surface area contributed by atoms with E-state index in [4.69, 9.17) is 19.2 Å². The molecule has 0 aromatic heterocycles. The molecular formula is C24H30N2O4S. The number of carbonyl (C=O) groups excluding carboxylic acids is 1. The van der Waals surface area contributed by atoms with Crippen LogP contribution in [-0.2, 0) is 11.2 Å². The van der Waals surface area contributed by atoms with Crippen LogP contribution in [0.3, 0.4) is 0 Å². The molecule has 166 valence electrons. The Morgan fingerprint density at radius 1 is 0.903 bits per heavy atom. The van der Waals surface area contributed by atoms with Gasteiger partial charge in [0.2, 0.25) is 5.91 Å². The second-order valence-electron chi connectivity index (χ2n) is 6.85. The third-order valence-corrected chi connectivity index (χ3v) is 5.94. The number of rotatable bonds is 10. The highest BCUT2D eigenvalue weighted by Crippen LogP contribution is 2.35. The van der Waals surface area contributed by atoms with Crippen molar-refractivity contribution in [3.8, 4) is 17.2 Å². The van der Waals surface area contributed by atoms with Gasteiger partial charge in [-0.25, -0.2) is 4.99 Å². The van der Waals surface area contributed by atoms with Crippen LogP contribution in [0.4, 0.5) is 5.69 Å². The van der Waals surface area contributed by atoms with Gasteiger partial charge < -0.3 is 14.2 Å². The Morgan fingerprint density at radius 2 is 1.55 bits per heavy atom. The van der Waals surface area contributed by atoms with Crippen LogP contribution >= 0.6 is 11.8 Å². The topological polar surface area (TPSA) is 60.4 Å². The molecule has 31 heavy (non-hydrogen) atoms. The molecule has 7 heteroatoms. The highest BCUT2D eigenvalue weighted by molar-refractivity contribution is 8.15. The normalized spacial score (nSPS) is 17.3. The number of thioether (sulfide) groups is 1. The summed E-state index contributed by atoms with van der Waals surface area (Å²) in [4.78, 5) is 19.5. The Bertz CT molecular complexity index is 914. The fourth-order valence-electron chi connectivity index (χ4n) is 3.36. The third-order valence-electron chi connectivity index (χ3n) is 4.76. The van der Waals surface area contributed by atoms with Crippen LogP contribution in [0.15, 0.2) is 47.5 Å². The maximum absolute atomic E-state index is 13.1. The van der Waals surface area contributed by atoms with E-state index in [9.17, 15) is 4.79 Å². The summed E-state index contributed by atoms with van der Waals surface area (Å²) in [7, 11) is 0. The molecular weight excluding hydrogens is 412 g/mol. The molecule has 2 aromatic rings. The van der Waals surface area contributed by atoms with Gasteiger partial charge in [0.1, 0.15) is 17.2 Å². The highest BCUT2D eigenvalue weighted by atomic mass is 32.2. The number of carbonyl (C=O) groups is 1. The number of nitrogens with zero attached hydrogens (tertiary/aromatic N) is 2. The van der Waals surface area contributed by atoms with Crippen molar-refractivity contribution in [1.82, 2.24) is 4.90 Å². The standard InChI is InChI=1S/C24H30N2O4S/c1-5-26-23(27)22(15-17-9-12-20(29-7-3)16-21(17)30-8-4)31-24(26)25-18-10-13-19(14-11-18)28-6-2/h9-14,16,22H,5-8,15H2,1-4H3/t22-/m1/s1. The third kappa shape index (κ3) is 5.73. The van der Waals surface area contributed by atoms with Crippen molar-refractivity contribution in [3.63, 3.8) is 0 Å². The zero-order valence-electron chi connectivity index (χ0n) is 18.6. The van der Waals surface area contributed by atoms with Gasteiger partial charge in [-0.05, 0) is 70.0 Å². The Balaban J connectivity index is 1.79. The summed E-state index contributed by atoms with van der Waals surface area (Å²) in [5.74, 6) is 2.43. The van der Waals surface area contributed by atoms with E-state index >= 15 is 0 Å². The van der Waals surface area contributed by atoms with Crippen molar-refractivity contribution < 1.29 is 19.0 Å². The summed E-state index contributed by atoms with van der Waals surface area (Å²) < 4.78 is 16.9. The van der Waals surface area contributed by atoms with Crippen molar-refractivity contribution in [2.24, 2.45) is 4.99 Å². The van der Waals surface area contributed by atoms with Gasteiger partial charge in [0.15, 0.2) is 5.17 Å². The van der Waals surface area contributed by atoms with Gasteiger partial charge in [0, 0.05) is 12.6 Å². The average molecular weight is 443 g/mol. The Hall–Kier alpha value is -2.67. The lowest BCUT2D eigenvalue weighted by Crippen LogP contribution is -2.32. The molecule has 1 fully saturated rings. The maximum atomic E-state index is 13.1. The highest BCUT2D eigenvalue weighted by Gasteiger charge is 2.37. The monoisotopic (exact) mass is 442 g/mol. The number of hydrogen-bond acceptors (Lipinski definition) is 6. The van der Waals surface area contributed by atoms with Crippen molar-refractivity contribution in [2.75, 3.05) is 26.4 Å². The van der Waals surface area contributed by atoms with Gasteiger partial charge in [-0.2, -0.15) is 0 Å². The summed E-state index contributed by atoms with van der Waals surface area (Å²) in [5.41, 5.74) is 1.79. The molecule has 1 heterocycles. The average Bonchev–Trinajstić information content (AvgIpc) is 3.06. The molecule has 6 nitrogen and oxygen atoms in total. The van der Waals surface area contributed by atoms with Gasteiger partial charge in [-0.15, -0.1) is 0 Å². The molecule has 1 saturated heterocycles. The number of hydrogen-bond donors (Lipinski definition) is 0. The fraction of sp³-hybridized carbons (Fsp3) is 0.417. The van der Waals surface area contributed by atoms with Crippen molar-refractivity contribution in [1.29, 1.82) is 0 Å². The Kier molecular flexibility index (Phi) is 8.23. The lowest BCUT2D eigenvalue weighted by atomic mass is 10.1. The van der Waals surface area contributed by atoms with Gasteiger partial charge in [-0.3, -0.25) is 9.69 Å². The van der Waals surface area contributed by atoms with E-state index in [2.05, 4.69) is 0 Å². The van der Waals surface area contributed by atoms with Crippen LogP contribution in [0.2, 0.25) is 0 Å². The molecule has 3 rings (SSSR count). The molecule has 0 unspecified atom stereocenters. The van der Waals surface area contributed by atoms with E-state index in [1.807, 2.05) is 70.2 Å². The molecule has 2 aromatic carbocycles. The van der Waals surface area contributed by atoms with E-state index in [1.54, 1.807) is 4.90 Å². The first-order valence-electron chi connectivity index (χ1n) is 10.8. The van der Waals surface area contributed by atoms with E-state index in [0.29, 0.717) is 32.8 Å². The van der Waals surface area contributed by atoms with Crippen LogP contribution in [0.5, 0.6) is 17.2 Å². The zero-order chi connectivity index (χ0) is 22.2. The molecule has 0 spiro atoms. The summed E-state index contributed by atoms with van der Waals surface area (Å²) >= 11 is 1.51. The van der Waals surface area contributed by atoms with E-state index in [0.717, 1.165) is 33.7 Å². The first-order chi connectivity index (χ1) is 15.1. The summed E-state index contributed by atoms with van der Waals surface area (Å²) in [6.45, 7) is 10.2. The minimum Gasteiger partial charge on any atom is -0.494 e. The van der Waals surface area contributed by atoms with Crippen LogP contribution in [0.25, 0.3) is 0 Å². The summed E-state index contributed by atoms with van der Waals surface area (Å²) in [6, 6.07) is 13.4. The zero-order valence-corrected chi connectivity index (χ0v) is 19.4. The lowest BCUT2D eigenvalue weighted by molar-refractivity contribution is -0.126. The molecule has 0 saturated carbocycles. The SMILES string of the molecule is CCOc1ccc(N=C2S[C@H](Cc3ccc(OCC)cc3OCC)C(=O)N2CC)cc1. The number of ether oxygens (including phenoxy) is 3. The van der Waals surface area contributed by atoms with Crippen molar-refractivity contribution >= 4 is 28.5 Å². The van der Waals surface area contributed by atoms with Gasteiger partial charge in [0.05, 0.1) is 30.8 Å². The second-order valence-corrected chi connectivity index (χ2v) is 8.02.